The van der Waals surface area contributed by atoms with Crippen molar-refractivity contribution in [3.8, 4) is 11.3 Å². The van der Waals surface area contributed by atoms with Crippen molar-refractivity contribution >= 4 is 26.8 Å². The Balaban J connectivity index is 1.30. The van der Waals surface area contributed by atoms with Crippen molar-refractivity contribution in [1.29, 1.82) is 0 Å². The number of para-hydroxylation sites is 1. The van der Waals surface area contributed by atoms with Crippen LogP contribution in [0, 0.1) is 0 Å². The summed E-state index contributed by atoms with van der Waals surface area (Å²) in [6, 6.07) is 22.9. The van der Waals surface area contributed by atoms with Gasteiger partial charge in [0.15, 0.2) is 0 Å². The summed E-state index contributed by atoms with van der Waals surface area (Å²) >= 11 is 0. The number of nitrogens with zero attached hydrogens (tertiary/aromatic N) is 1. The molecule has 1 aliphatic rings. The van der Waals surface area contributed by atoms with Gasteiger partial charge in [0.2, 0.25) is 10.0 Å². The Bertz CT molecular complexity index is 1540. The summed E-state index contributed by atoms with van der Waals surface area (Å²) in [6.45, 7) is 4.78. The van der Waals surface area contributed by atoms with Gasteiger partial charge in [-0.1, -0.05) is 62.2 Å². The highest BCUT2D eigenvalue weighted by Crippen LogP contribution is 2.31. The summed E-state index contributed by atoms with van der Waals surface area (Å²) in [6.07, 6.45) is 4.93. The van der Waals surface area contributed by atoms with E-state index in [1.165, 1.54) is 6.42 Å². The fourth-order valence-corrected chi connectivity index (χ4v) is 6.27. The smallest absolute Gasteiger partial charge is 0.254 e. The number of fused-ring (bicyclic) bond motifs is 1. The van der Waals surface area contributed by atoms with Gasteiger partial charge in [0, 0.05) is 41.8 Å². The Kier molecular flexibility index (Phi) is 8.99. The molecule has 1 aliphatic heterocycles. The largest absolute Gasteiger partial charge is 0.378 e. The Morgan fingerprint density at radius 2 is 1.65 bits per heavy atom. The maximum Gasteiger partial charge on any atom is 0.254 e. The molecule has 0 saturated carbocycles. The highest BCUT2D eigenvalue weighted by molar-refractivity contribution is 7.89. The molecule has 2 heterocycles. The molecule has 2 N–H and O–H groups in total. The summed E-state index contributed by atoms with van der Waals surface area (Å²) in [5, 5.41) is 1.06. The molecule has 5 rings (SSSR count). The molecule has 0 aliphatic carbocycles. The molecule has 7 nitrogen and oxygen atoms in total. The summed E-state index contributed by atoms with van der Waals surface area (Å²) in [5.41, 5.74) is 5.72. The van der Waals surface area contributed by atoms with Gasteiger partial charge in [0.05, 0.1) is 18.1 Å². The van der Waals surface area contributed by atoms with Crippen molar-refractivity contribution in [1.82, 2.24) is 14.6 Å². The minimum atomic E-state index is -3.62. The van der Waals surface area contributed by atoms with Crippen molar-refractivity contribution in [2.45, 2.75) is 43.9 Å². The van der Waals surface area contributed by atoms with Crippen molar-refractivity contribution in [3.63, 3.8) is 0 Å². The Labute approximate surface area is 236 Å². The third kappa shape index (κ3) is 6.46. The zero-order valence-electron chi connectivity index (χ0n) is 23.0. The van der Waals surface area contributed by atoms with Crippen molar-refractivity contribution in [2.75, 3.05) is 32.8 Å². The van der Waals surface area contributed by atoms with Crippen LogP contribution in [0.5, 0.6) is 0 Å². The Hall–Kier alpha value is -3.46. The zero-order chi connectivity index (χ0) is 28.0. The lowest BCUT2D eigenvalue weighted by molar-refractivity contribution is 0.0303. The molecule has 1 amide bonds. The third-order valence-corrected chi connectivity index (χ3v) is 8.98. The predicted molar refractivity (Wildman–Crippen MR) is 159 cm³/mol. The maximum atomic E-state index is 13.0. The fraction of sp³-hybridized carbons (Fsp3) is 0.344. The van der Waals surface area contributed by atoms with Crippen LogP contribution >= 0.6 is 0 Å². The van der Waals surface area contributed by atoms with E-state index in [1.807, 2.05) is 65.6 Å². The van der Waals surface area contributed by atoms with Crippen LogP contribution in [0.25, 0.3) is 22.2 Å². The molecule has 0 bridgehead atoms. The minimum absolute atomic E-state index is 0.00937. The molecule has 40 heavy (non-hydrogen) atoms. The highest BCUT2D eigenvalue weighted by Gasteiger charge is 2.20. The van der Waals surface area contributed by atoms with E-state index in [1.54, 1.807) is 12.1 Å². The maximum absolute atomic E-state index is 13.0. The lowest BCUT2D eigenvalue weighted by Gasteiger charge is -2.26. The first kappa shape index (κ1) is 28.1. The molecule has 0 unspecified atom stereocenters. The van der Waals surface area contributed by atoms with Crippen LogP contribution in [0.2, 0.25) is 0 Å². The van der Waals surface area contributed by atoms with Gasteiger partial charge in [-0.15, -0.1) is 0 Å². The van der Waals surface area contributed by atoms with E-state index in [0.717, 1.165) is 52.5 Å². The number of aryl methyl sites for hydroxylation is 1. The van der Waals surface area contributed by atoms with Crippen molar-refractivity contribution < 1.29 is 17.9 Å². The number of unbranched alkanes of at least 4 members (excludes halogenated alkanes) is 2. The molecule has 1 aromatic heterocycles. The summed E-state index contributed by atoms with van der Waals surface area (Å²) in [5.74, 6) is 0.00937. The number of carbonyl (C=O) groups excluding carboxylic acids is 1. The second kappa shape index (κ2) is 12.8. The normalized spacial score (nSPS) is 14.1. The number of ether oxygens (including phenoxy) is 1. The second-order valence-electron chi connectivity index (χ2n) is 10.3. The van der Waals surface area contributed by atoms with Crippen LogP contribution in [0.3, 0.4) is 0 Å². The average Bonchev–Trinajstić information content (AvgIpc) is 3.36. The summed E-state index contributed by atoms with van der Waals surface area (Å²) in [7, 11) is -3.62. The zero-order valence-corrected chi connectivity index (χ0v) is 23.8. The van der Waals surface area contributed by atoms with Crippen LogP contribution in [0.1, 0.15) is 47.7 Å². The molecule has 1 fully saturated rings. The van der Waals surface area contributed by atoms with Gasteiger partial charge in [-0.2, -0.15) is 0 Å². The number of amides is 1. The highest BCUT2D eigenvalue weighted by atomic mass is 32.2. The van der Waals surface area contributed by atoms with E-state index < -0.39 is 10.0 Å². The number of rotatable bonds is 11. The van der Waals surface area contributed by atoms with Gasteiger partial charge < -0.3 is 14.6 Å². The van der Waals surface area contributed by atoms with Gasteiger partial charge in [-0.05, 0) is 66.3 Å². The number of aromatic amines is 1. The predicted octanol–water partition coefficient (Wildman–Crippen LogP) is 5.56. The number of hydrogen-bond acceptors (Lipinski definition) is 4. The van der Waals surface area contributed by atoms with Crippen LogP contribution in [-0.4, -0.2) is 57.1 Å². The molecule has 3 aromatic carbocycles. The topological polar surface area (TPSA) is 91.5 Å². The van der Waals surface area contributed by atoms with Gasteiger partial charge >= 0.3 is 0 Å². The van der Waals surface area contributed by atoms with Gasteiger partial charge in [-0.25, -0.2) is 13.1 Å². The number of sulfonamides is 1. The monoisotopic (exact) mass is 559 g/mol. The molecule has 8 heteroatoms. The number of benzene rings is 3. The van der Waals surface area contributed by atoms with E-state index in [2.05, 4.69) is 16.6 Å². The van der Waals surface area contributed by atoms with Crippen LogP contribution < -0.4 is 4.72 Å². The van der Waals surface area contributed by atoms with Crippen LogP contribution in [-0.2, 0) is 27.6 Å². The molecule has 210 valence electrons. The summed E-state index contributed by atoms with van der Waals surface area (Å²) < 4.78 is 34.2. The number of hydrogen-bond donors (Lipinski definition) is 2. The SMILES string of the molecule is CCCCCc1ccc(S(=O)(=O)NCCc2c(-c3ccc(C(=O)N4CCOCC4)cc3)[nH]c3ccccc23)cc1. The number of nitrogens with one attached hydrogen (secondary N) is 2. The molecule has 0 atom stereocenters. The first-order chi connectivity index (χ1) is 19.5. The van der Waals surface area contributed by atoms with Gasteiger partial charge in [0.25, 0.3) is 5.91 Å². The number of H-pyrrole nitrogens is 1. The molecule has 0 radical (unpaired) electrons. The van der Waals surface area contributed by atoms with Crippen molar-refractivity contribution in [3.05, 3.63) is 89.5 Å². The van der Waals surface area contributed by atoms with E-state index in [0.29, 0.717) is 38.3 Å². The third-order valence-electron chi connectivity index (χ3n) is 7.50. The first-order valence-corrected chi connectivity index (χ1v) is 15.6. The number of aromatic nitrogens is 1. The standard InChI is InChI=1S/C32H37N3O4S/c1-2-3-4-7-24-10-16-27(17-11-24)40(37,38)33-19-18-29-28-8-5-6-9-30(28)34-31(29)25-12-14-26(15-13-25)32(36)35-20-22-39-23-21-35/h5-6,8-17,33-34H,2-4,7,18-23H2,1H3. The van der Waals surface area contributed by atoms with E-state index >= 15 is 0 Å². The van der Waals surface area contributed by atoms with Gasteiger partial charge in [0.1, 0.15) is 0 Å². The average molecular weight is 560 g/mol. The van der Waals surface area contributed by atoms with E-state index in [9.17, 15) is 13.2 Å². The molecule has 1 saturated heterocycles. The second-order valence-corrected chi connectivity index (χ2v) is 12.0. The lowest BCUT2D eigenvalue weighted by atomic mass is 10.0. The van der Waals surface area contributed by atoms with Gasteiger partial charge in [-0.3, -0.25) is 4.79 Å². The van der Waals surface area contributed by atoms with E-state index in [-0.39, 0.29) is 17.3 Å². The molecular formula is C32H37N3O4S. The van der Waals surface area contributed by atoms with Crippen LogP contribution in [0.4, 0.5) is 0 Å². The minimum Gasteiger partial charge on any atom is -0.378 e. The van der Waals surface area contributed by atoms with Crippen molar-refractivity contribution in [2.24, 2.45) is 0 Å². The fourth-order valence-electron chi connectivity index (χ4n) is 5.24. The number of carbonyl (C=O) groups is 1. The quantitative estimate of drug-likeness (QED) is 0.235. The molecule has 0 spiro atoms. The first-order valence-electron chi connectivity index (χ1n) is 14.1. The Morgan fingerprint density at radius 3 is 2.38 bits per heavy atom. The lowest BCUT2D eigenvalue weighted by Crippen LogP contribution is -2.40. The summed E-state index contributed by atoms with van der Waals surface area (Å²) in [4.78, 5) is 18.5. The molecular weight excluding hydrogens is 522 g/mol. The molecule has 4 aromatic rings. The number of morpholine rings is 1. The Morgan fingerprint density at radius 1 is 0.925 bits per heavy atom. The van der Waals surface area contributed by atoms with E-state index in [4.69, 9.17) is 4.74 Å². The van der Waals surface area contributed by atoms with Crippen LogP contribution in [0.15, 0.2) is 77.7 Å².